The number of hydrogen-bond acceptors (Lipinski definition) is 3. The molecule has 0 aliphatic carbocycles. The zero-order chi connectivity index (χ0) is 20.6. The molecule has 1 amide bonds. The van der Waals surface area contributed by atoms with Crippen molar-refractivity contribution < 1.29 is 9.53 Å². The Morgan fingerprint density at radius 2 is 1.64 bits per heavy atom. The van der Waals surface area contributed by atoms with E-state index in [1.807, 2.05) is 69.3 Å². The number of aliphatic imine (C=N–C) groups is 1. The van der Waals surface area contributed by atoms with Crippen LogP contribution in [0.25, 0.3) is 0 Å². The molecule has 3 N–H and O–H groups in total. The van der Waals surface area contributed by atoms with Crippen LogP contribution in [-0.2, 0) is 13.1 Å². The first-order chi connectivity index (χ1) is 13.3. The molecule has 0 heterocycles. The summed E-state index contributed by atoms with van der Waals surface area (Å²) in [5.74, 6) is 1.46. The van der Waals surface area contributed by atoms with E-state index >= 15 is 0 Å². The summed E-state index contributed by atoms with van der Waals surface area (Å²) in [4.78, 5) is 16.6. The van der Waals surface area contributed by atoms with Crippen molar-refractivity contribution in [3.63, 3.8) is 0 Å². The van der Waals surface area contributed by atoms with E-state index < -0.39 is 0 Å². The van der Waals surface area contributed by atoms with E-state index in [9.17, 15) is 4.79 Å². The summed E-state index contributed by atoms with van der Waals surface area (Å²) in [5, 5.41) is 9.54. The van der Waals surface area contributed by atoms with Gasteiger partial charge in [-0.25, -0.2) is 0 Å². The summed E-state index contributed by atoms with van der Waals surface area (Å²) >= 11 is 0. The van der Waals surface area contributed by atoms with Crippen LogP contribution in [0, 0.1) is 0 Å². The van der Waals surface area contributed by atoms with Crippen LogP contribution in [0.3, 0.4) is 0 Å². The number of carbonyl (C=O) groups is 1. The monoisotopic (exact) mass is 382 g/mol. The van der Waals surface area contributed by atoms with E-state index in [4.69, 9.17) is 4.74 Å². The van der Waals surface area contributed by atoms with Crippen LogP contribution in [-0.4, -0.2) is 31.6 Å². The van der Waals surface area contributed by atoms with Gasteiger partial charge in [-0.2, -0.15) is 0 Å². The Kier molecular flexibility index (Phi) is 7.44. The fourth-order valence-corrected chi connectivity index (χ4v) is 2.57. The van der Waals surface area contributed by atoms with Crippen LogP contribution in [0.4, 0.5) is 0 Å². The number of benzene rings is 2. The lowest BCUT2D eigenvalue weighted by Gasteiger charge is -2.20. The van der Waals surface area contributed by atoms with Crippen molar-refractivity contribution in [2.45, 2.75) is 39.4 Å². The molecular weight excluding hydrogens is 352 g/mol. The Bertz CT molecular complexity index is 808. The van der Waals surface area contributed by atoms with E-state index in [2.05, 4.69) is 20.9 Å². The van der Waals surface area contributed by atoms with Crippen molar-refractivity contribution in [2.24, 2.45) is 4.99 Å². The van der Waals surface area contributed by atoms with Gasteiger partial charge in [-0.05, 0) is 56.2 Å². The van der Waals surface area contributed by atoms with Crippen LogP contribution in [0.15, 0.2) is 53.5 Å². The van der Waals surface area contributed by atoms with Crippen LogP contribution < -0.4 is 20.7 Å². The van der Waals surface area contributed by atoms with Gasteiger partial charge in [-0.15, -0.1) is 0 Å². The lowest BCUT2D eigenvalue weighted by molar-refractivity contribution is 0.0919. The van der Waals surface area contributed by atoms with Crippen molar-refractivity contribution in [2.75, 3.05) is 14.2 Å². The molecule has 0 aliphatic rings. The summed E-state index contributed by atoms with van der Waals surface area (Å²) in [6, 6.07) is 15.5. The maximum atomic E-state index is 12.3. The number of ether oxygens (including phenoxy) is 1. The molecule has 2 aromatic carbocycles. The first-order valence-electron chi connectivity index (χ1n) is 9.29. The Hall–Kier alpha value is -3.02. The molecule has 2 aromatic rings. The predicted octanol–water partition coefficient (Wildman–Crippen LogP) is 3.09. The number of nitrogens with one attached hydrogen (secondary N) is 3. The highest BCUT2D eigenvalue weighted by Crippen LogP contribution is 2.11. The van der Waals surface area contributed by atoms with Gasteiger partial charge in [0, 0.05) is 31.2 Å². The van der Waals surface area contributed by atoms with Crippen molar-refractivity contribution in [3.05, 3.63) is 65.2 Å². The second kappa shape index (κ2) is 9.78. The highest BCUT2D eigenvalue weighted by atomic mass is 16.5. The van der Waals surface area contributed by atoms with E-state index in [0.717, 1.165) is 16.9 Å². The first kappa shape index (κ1) is 21.3. The lowest BCUT2D eigenvalue weighted by atomic mass is 10.1. The third kappa shape index (κ3) is 6.95. The summed E-state index contributed by atoms with van der Waals surface area (Å²) in [6.07, 6.45) is 0. The minimum Gasteiger partial charge on any atom is -0.497 e. The summed E-state index contributed by atoms with van der Waals surface area (Å²) in [6.45, 7) is 7.12. The fourth-order valence-electron chi connectivity index (χ4n) is 2.57. The zero-order valence-electron chi connectivity index (χ0n) is 17.3. The molecule has 0 bridgehead atoms. The number of guanidine groups is 1. The Morgan fingerprint density at radius 3 is 2.21 bits per heavy atom. The number of hydrogen-bond donors (Lipinski definition) is 3. The number of methoxy groups -OCH3 is 1. The SMILES string of the molecule is CN=C(NCc1ccc(OC)cc1)NCc1cccc(C(=O)NC(C)(C)C)c1. The van der Waals surface area contributed by atoms with Crippen LogP contribution in [0.5, 0.6) is 5.75 Å². The lowest BCUT2D eigenvalue weighted by Crippen LogP contribution is -2.40. The molecule has 0 fully saturated rings. The molecule has 28 heavy (non-hydrogen) atoms. The van der Waals surface area contributed by atoms with Crippen LogP contribution in [0.1, 0.15) is 42.3 Å². The van der Waals surface area contributed by atoms with Gasteiger partial charge in [0.2, 0.25) is 0 Å². The van der Waals surface area contributed by atoms with E-state index in [1.165, 1.54) is 0 Å². The second-order valence-electron chi connectivity index (χ2n) is 7.53. The molecule has 0 spiro atoms. The molecule has 2 rings (SSSR count). The van der Waals surface area contributed by atoms with Crippen molar-refractivity contribution >= 4 is 11.9 Å². The van der Waals surface area contributed by atoms with Gasteiger partial charge in [0.1, 0.15) is 5.75 Å². The van der Waals surface area contributed by atoms with Crippen LogP contribution >= 0.6 is 0 Å². The van der Waals surface area contributed by atoms with E-state index in [1.54, 1.807) is 14.2 Å². The smallest absolute Gasteiger partial charge is 0.251 e. The summed E-state index contributed by atoms with van der Waals surface area (Å²) in [7, 11) is 3.39. The third-order valence-corrected chi connectivity index (χ3v) is 3.98. The molecule has 0 atom stereocenters. The largest absolute Gasteiger partial charge is 0.497 e. The quantitative estimate of drug-likeness (QED) is 0.530. The molecule has 0 radical (unpaired) electrons. The highest BCUT2D eigenvalue weighted by Gasteiger charge is 2.15. The molecule has 0 unspecified atom stereocenters. The fraction of sp³-hybridized carbons (Fsp3) is 0.364. The molecule has 0 saturated carbocycles. The molecule has 0 saturated heterocycles. The predicted molar refractivity (Wildman–Crippen MR) is 114 cm³/mol. The van der Waals surface area contributed by atoms with Crippen molar-refractivity contribution in [1.29, 1.82) is 0 Å². The van der Waals surface area contributed by atoms with Crippen LogP contribution in [0.2, 0.25) is 0 Å². The summed E-state index contributed by atoms with van der Waals surface area (Å²) in [5.41, 5.74) is 2.52. The van der Waals surface area contributed by atoms with Gasteiger partial charge in [0.15, 0.2) is 5.96 Å². The minimum atomic E-state index is -0.265. The number of amides is 1. The normalized spacial score (nSPS) is 11.7. The van der Waals surface area contributed by atoms with E-state index in [-0.39, 0.29) is 11.4 Å². The van der Waals surface area contributed by atoms with Gasteiger partial charge in [-0.1, -0.05) is 24.3 Å². The van der Waals surface area contributed by atoms with Gasteiger partial charge < -0.3 is 20.7 Å². The molecular formula is C22H30N4O2. The number of nitrogens with zero attached hydrogens (tertiary/aromatic N) is 1. The average Bonchev–Trinajstić information content (AvgIpc) is 2.67. The van der Waals surface area contributed by atoms with Crippen molar-refractivity contribution in [3.8, 4) is 5.75 Å². The highest BCUT2D eigenvalue weighted by molar-refractivity contribution is 5.94. The topological polar surface area (TPSA) is 74.8 Å². The van der Waals surface area contributed by atoms with Gasteiger partial charge in [-0.3, -0.25) is 9.79 Å². The molecule has 0 aromatic heterocycles. The second-order valence-corrected chi connectivity index (χ2v) is 7.53. The minimum absolute atomic E-state index is 0.0728. The number of rotatable bonds is 6. The third-order valence-electron chi connectivity index (χ3n) is 3.98. The Labute approximate surface area is 167 Å². The molecule has 6 nitrogen and oxygen atoms in total. The number of carbonyl (C=O) groups excluding carboxylic acids is 1. The van der Waals surface area contributed by atoms with Gasteiger partial charge in [0.05, 0.1) is 7.11 Å². The first-order valence-corrected chi connectivity index (χ1v) is 9.29. The maximum Gasteiger partial charge on any atom is 0.251 e. The molecule has 6 heteroatoms. The zero-order valence-corrected chi connectivity index (χ0v) is 17.3. The van der Waals surface area contributed by atoms with Gasteiger partial charge >= 0.3 is 0 Å². The maximum absolute atomic E-state index is 12.3. The summed E-state index contributed by atoms with van der Waals surface area (Å²) < 4.78 is 5.17. The Morgan fingerprint density at radius 1 is 1.00 bits per heavy atom. The standard InChI is InChI=1S/C22H30N4O2/c1-22(2,3)26-20(27)18-8-6-7-17(13-18)15-25-21(23-4)24-14-16-9-11-19(28-5)12-10-16/h6-13H,14-15H2,1-5H3,(H,26,27)(H2,23,24,25). The van der Waals surface area contributed by atoms with Crippen molar-refractivity contribution in [1.82, 2.24) is 16.0 Å². The Balaban J connectivity index is 1.90. The molecule has 0 aliphatic heterocycles. The van der Waals surface area contributed by atoms with Gasteiger partial charge in [0.25, 0.3) is 5.91 Å². The van der Waals surface area contributed by atoms with E-state index in [0.29, 0.717) is 24.6 Å². The average molecular weight is 383 g/mol. The molecule has 150 valence electrons.